The van der Waals surface area contributed by atoms with Crippen LogP contribution in [0, 0.1) is 11.9 Å². The van der Waals surface area contributed by atoms with Crippen LogP contribution in [0.2, 0.25) is 0 Å². The molecule has 0 bridgehead atoms. The molecule has 1 fully saturated rings. The van der Waals surface area contributed by atoms with Crippen molar-refractivity contribution in [3.8, 4) is 0 Å². The first kappa shape index (κ1) is 25.1. The van der Waals surface area contributed by atoms with Gasteiger partial charge in [0.1, 0.15) is 11.4 Å². The Bertz CT molecular complexity index is 1000. The number of ether oxygens (including phenoxy) is 1. The predicted molar refractivity (Wildman–Crippen MR) is 128 cm³/mol. The summed E-state index contributed by atoms with van der Waals surface area (Å²) < 4.78 is 19.3. The highest BCUT2D eigenvalue weighted by Gasteiger charge is 2.27. The lowest BCUT2D eigenvalue weighted by Gasteiger charge is -2.33. The fourth-order valence-corrected chi connectivity index (χ4v) is 3.45. The van der Waals surface area contributed by atoms with Gasteiger partial charge in [0.2, 0.25) is 5.95 Å². The molecule has 10 nitrogen and oxygen atoms in total. The Morgan fingerprint density at radius 2 is 1.85 bits per heavy atom. The van der Waals surface area contributed by atoms with E-state index in [0.29, 0.717) is 25.5 Å². The molecule has 3 rings (SSSR count). The van der Waals surface area contributed by atoms with Crippen LogP contribution in [0.5, 0.6) is 0 Å². The van der Waals surface area contributed by atoms with Crippen molar-refractivity contribution in [2.75, 3.05) is 49.3 Å². The van der Waals surface area contributed by atoms with Crippen molar-refractivity contribution in [1.29, 1.82) is 0 Å². The number of carbonyl (C=O) groups excluding carboxylic acids is 2. The van der Waals surface area contributed by atoms with Crippen molar-refractivity contribution < 1.29 is 18.7 Å². The first-order valence-electron chi connectivity index (χ1n) is 11.2. The molecular weight excluding hydrogens is 441 g/mol. The Balaban J connectivity index is 1.58. The Morgan fingerprint density at radius 3 is 2.44 bits per heavy atom. The summed E-state index contributed by atoms with van der Waals surface area (Å²) >= 11 is 0. The standard InChI is InChI=1S/C23H32FN7O3/c1-23(2,3)34-22(33)31-12-10-15(11-13-31)14-25-20-16(6-7-17(24)26-20)21(32)27-18-8-9-19(29-28-18)30(4)5/h6-9,15H,10-14H2,1-5H3,(H,25,26)(H,27,28,32). The molecule has 0 aliphatic carbocycles. The molecule has 34 heavy (non-hydrogen) atoms. The molecule has 1 saturated heterocycles. The summed E-state index contributed by atoms with van der Waals surface area (Å²) in [5, 5.41) is 13.8. The van der Waals surface area contributed by atoms with E-state index in [-0.39, 0.29) is 29.2 Å². The molecule has 2 amide bonds. The van der Waals surface area contributed by atoms with Gasteiger partial charge in [0.25, 0.3) is 5.91 Å². The van der Waals surface area contributed by atoms with Gasteiger partial charge in [-0.15, -0.1) is 10.2 Å². The van der Waals surface area contributed by atoms with Crippen LogP contribution < -0.4 is 15.5 Å². The molecule has 0 atom stereocenters. The Kier molecular flexibility index (Phi) is 7.85. The normalized spacial score (nSPS) is 14.5. The monoisotopic (exact) mass is 473 g/mol. The van der Waals surface area contributed by atoms with Crippen molar-refractivity contribution in [3.05, 3.63) is 35.8 Å². The lowest BCUT2D eigenvalue weighted by molar-refractivity contribution is 0.0188. The number of hydrogen-bond donors (Lipinski definition) is 2. The summed E-state index contributed by atoms with van der Waals surface area (Å²) in [7, 11) is 3.68. The van der Waals surface area contributed by atoms with Crippen LogP contribution in [-0.4, -0.2) is 71.4 Å². The number of carbonyl (C=O) groups is 2. The van der Waals surface area contributed by atoms with Gasteiger partial charge in [-0.25, -0.2) is 9.78 Å². The number of nitrogens with one attached hydrogen (secondary N) is 2. The molecule has 0 saturated carbocycles. The number of piperidine rings is 1. The summed E-state index contributed by atoms with van der Waals surface area (Å²) in [6, 6.07) is 5.89. The number of anilines is 3. The molecule has 0 spiro atoms. The molecular formula is C23H32FN7O3. The molecule has 0 unspecified atom stereocenters. The van der Waals surface area contributed by atoms with E-state index in [4.69, 9.17) is 4.74 Å². The molecule has 2 N–H and O–H groups in total. The minimum atomic E-state index is -0.686. The van der Waals surface area contributed by atoms with Gasteiger partial charge in [-0.1, -0.05) is 0 Å². The average Bonchev–Trinajstić information content (AvgIpc) is 2.77. The van der Waals surface area contributed by atoms with Gasteiger partial charge in [-0.2, -0.15) is 4.39 Å². The molecule has 0 aromatic carbocycles. The van der Waals surface area contributed by atoms with Crippen LogP contribution in [0.4, 0.5) is 26.6 Å². The van der Waals surface area contributed by atoms with Gasteiger partial charge in [0.05, 0.1) is 5.56 Å². The highest BCUT2D eigenvalue weighted by Crippen LogP contribution is 2.22. The molecule has 2 aromatic rings. The molecule has 3 heterocycles. The Labute approximate surface area is 198 Å². The summed E-state index contributed by atoms with van der Waals surface area (Å²) in [5.74, 6) is 0.173. The van der Waals surface area contributed by atoms with E-state index in [1.54, 1.807) is 21.9 Å². The maximum atomic E-state index is 13.8. The first-order chi connectivity index (χ1) is 16.0. The number of nitrogens with zero attached hydrogens (tertiary/aromatic N) is 5. The fourth-order valence-electron chi connectivity index (χ4n) is 3.45. The first-order valence-corrected chi connectivity index (χ1v) is 11.2. The average molecular weight is 474 g/mol. The summed E-state index contributed by atoms with van der Waals surface area (Å²) in [4.78, 5) is 32.4. The molecule has 1 aliphatic rings. The second-order valence-corrected chi connectivity index (χ2v) is 9.45. The molecule has 0 radical (unpaired) electrons. The van der Waals surface area contributed by atoms with E-state index in [2.05, 4.69) is 25.8 Å². The van der Waals surface area contributed by atoms with Crippen molar-refractivity contribution in [1.82, 2.24) is 20.1 Å². The number of amides is 2. The minimum absolute atomic E-state index is 0.157. The maximum Gasteiger partial charge on any atom is 0.410 e. The van der Waals surface area contributed by atoms with Crippen LogP contribution in [0.3, 0.4) is 0 Å². The largest absolute Gasteiger partial charge is 0.444 e. The fraction of sp³-hybridized carbons (Fsp3) is 0.522. The summed E-state index contributed by atoms with van der Waals surface area (Å²) in [6.45, 7) is 7.17. The Morgan fingerprint density at radius 1 is 1.15 bits per heavy atom. The summed E-state index contributed by atoms with van der Waals surface area (Å²) in [5.41, 5.74) is -0.332. The van der Waals surface area contributed by atoms with Gasteiger partial charge < -0.3 is 25.2 Å². The van der Waals surface area contributed by atoms with Crippen molar-refractivity contribution in [2.45, 2.75) is 39.2 Å². The van der Waals surface area contributed by atoms with E-state index < -0.39 is 17.5 Å². The molecule has 11 heteroatoms. The van der Waals surface area contributed by atoms with Crippen molar-refractivity contribution in [2.24, 2.45) is 5.92 Å². The summed E-state index contributed by atoms with van der Waals surface area (Å²) in [6.07, 6.45) is 1.21. The number of hydrogen-bond acceptors (Lipinski definition) is 8. The SMILES string of the molecule is CN(C)c1ccc(NC(=O)c2ccc(F)nc2NCC2CCN(C(=O)OC(C)(C)C)CC2)nn1. The minimum Gasteiger partial charge on any atom is -0.444 e. The zero-order valence-corrected chi connectivity index (χ0v) is 20.3. The van der Waals surface area contributed by atoms with Gasteiger partial charge in [0.15, 0.2) is 11.6 Å². The van der Waals surface area contributed by atoms with Crippen LogP contribution in [0.25, 0.3) is 0 Å². The lowest BCUT2D eigenvalue weighted by Crippen LogP contribution is -2.42. The van der Waals surface area contributed by atoms with Crippen LogP contribution in [-0.2, 0) is 4.74 Å². The van der Waals surface area contributed by atoms with Crippen LogP contribution in [0.15, 0.2) is 24.3 Å². The highest BCUT2D eigenvalue weighted by molar-refractivity contribution is 6.07. The predicted octanol–water partition coefficient (Wildman–Crippen LogP) is 3.39. The zero-order valence-electron chi connectivity index (χ0n) is 20.3. The molecule has 184 valence electrons. The third-order valence-corrected chi connectivity index (χ3v) is 5.28. The third-order valence-electron chi connectivity index (χ3n) is 5.28. The second kappa shape index (κ2) is 10.6. The van der Waals surface area contributed by atoms with E-state index in [9.17, 15) is 14.0 Å². The van der Waals surface area contributed by atoms with Crippen molar-refractivity contribution >= 4 is 29.5 Å². The lowest BCUT2D eigenvalue weighted by atomic mass is 9.97. The topological polar surface area (TPSA) is 113 Å². The van der Waals surface area contributed by atoms with Gasteiger partial charge in [-0.05, 0) is 63.8 Å². The van der Waals surface area contributed by atoms with E-state index in [1.807, 2.05) is 34.9 Å². The third kappa shape index (κ3) is 7.00. The van der Waals surface area contributed by atoms with Crippen molar-refractivity contribution in [3.63, 3.8) is 0 Å². The van der Waals surface area contributed by atoms with E-state index >= 15 is 0 Å². The molecule has 2 aromatic heterocycles. The van der Waals surface area contributed by atoms with Gasteiger partial charge >= 0.3 is 6.09 Å². The smallest absolute Gasteiger partial charge is 0.410 e. The number of likely N-dealkylation sites (tertiary alicyclic amines) is 1. The second-order valence-electron chi connectivity index (χ2n) is 9.45. The van der Waals surface area contributed by atoms with Crippen LogP contribution in [0.1, 0.15) is 44.0 Å². The van der Waals surface area contributed by atoms with E-state index in [0.717, 1.165) is 18.9 Å². The van der Waals surface area contributed by atoms with Crippen LogP contribution >= 0.6 is 0 Å². The van der Waals surface area contributed by atoms with E-state index in [1.165, 1.54) is 6.07 Å². The number of pyridine rings is 1. The number of halogens is 1. The molecule has 1 aliphatic heterocycles. The quantitative estimate of drug-likeness (QED) is 0.614. The zero-order chi connectivity index (χ0) is 24.9. The number of rotatable bonds is 6. The van der Waals surface area contributed by atoms with Gasteiger partial charge in [0, 0.05) is 33.7 Å². The Hall–Kier alpha value is -3.50. The van der Waals surface area contributed by atoms with Gasteiger partial charge in [-0.3, -0.25) is 4.79 Å². The highest BCUT2D eigenvalue weighted by atomic mass is 19.1. The maximum absolute atomic E-state index is 13.8. The number of aromatic nitrogens is 3.